The molecule has 1 N–H and O–H groups in total. The number of nitrogens with zero attached hydrogens (tertiary/aromatic N) is 1. The Morgan fingerprint density at radius 1 is 1.32 bits per heavy atom. The summed E-state index contributed by atoms with van der Waals surface area (Å²) in [6.07, 6.45) is 3.61. The van der Waals surface area contributed by atoms with Crippen LogP contribution in [-0.4, -0.2) is 17.6 Å². The molecule has 1 aliphatic carbocycles. The molecule has 0 radical (unpaired) electrons. The number of hydrogen-bond donors (Lipinski definition) is 1. The lowest BCUT2D eigenvalue weighted by atomic mass is 9.74. The molecule has 1 fully saturated rings. The lowest BCUT2D eigenvalue weighted by Gasteiger charge is -2.37. The van der Waals surface area contributed by atoms with Crippen LogP contribution in [0.15, 0.2) is 35.2 Å². The molecule has 0 unspecified atom stereocenters. The molecule has 1 aliphatic rings. The molecule has 0 aliphatic heterocycles. The summed E-state index contributed by atoms with van der Waals surface area (Å²) in [4.78, 5) is 4.31. The van der Waals surface area contributed by atoms with Crippen LogP contribution >= 0.6 is 11.3 Å². The molecule has 1 heterocycles. The fraction of sp³-hybridized carbons (Fsp3) is 0.438. The summed E-state index contributed by atoms with van der Waals surface area (Å²) in [7, 11) is 0. The van der Waals surface area contributed by atoms with Gasteiger partial charge in [-0.1, -0.05) is 24.3 Å². The van der Waals surface area contributed by atoms with Gasteiger partial charge in [-0.15, -0.1) is 11.3 Å². The molecule has 0 bridgehead atoms. The van der Waals surface area contributed by atoms with Crippen molar-refractivity contribution in [2.75, 3.05) is 6.54 Å². The van der Waals surface area contributed by atoms with Crippen LogP contribution in [0.1, 0.15) is 35.6 Å². The predicted molar refractivity (Wildman–Crippen MR) is 80.8 cm³/mol. The average molecular weight is 272 g/mol. The number of benzene rings is 1. The molecule has 0 amide bonds. The zero-order valence-electron chi connectivity index (χ0n) is 11.3. The minimum atomic E-state index is 0.697. The topological polar surface area (TPSA) is 24.9 Å². The summed E-state index contributed by atoms with van der Waals surface area (Å²) < 4.78 is 0. The predicted octanol–water partition coefficient (Wildman–Crippen LogP) is 3.53. The van der Waals surface area contributed by atoms with Crippen molar-refractivity contribution in [3.8, 4) is 0 Å². The molecule has 0 atom stereocenters. The van der Waals surface area contributed by atoms with Crippen LogP contribution in [0.5, 0.6) is 0 Å². The van der Waals surface area contributed by atoms with Crippen molar-refractivity contribution in [2.45, 2.75) is 38.1 Å². The standard InChI is InChI=1S/C16H20N2S/c1-12-4-2-3-5-16(12)13-8-15(9-13)17-7-6-14-10-19-11-18-14/h2-5,10-11,13,15,17H,6-9H2,1H3. The molecule has 3 heteroatoms. The smallest absolute Gasteiger partial charge is 0.0794 e. The lowest BCUT2D eigenvalue weighted by Crippen LogP contribution is -2.41. The van der Waals surface area contributed by atoms with Crippen molar-refractivity contribution in [3.05, 3.63) is 52.0 Å². The molecule has 3 rings (SSSR count). The maximum atomic E-state index is 4.31. The summed E-state index contributed by atoms with van der Waals surface area (Å²) in [5.41, 5.74) is 6.10. The second-order valence-corrected chi connectivity index (χ2v) is 6.12. The van der Waals surface area contributed by atoms with Crippen LogP contribution in [0.25, 0.3) is 0 Å². The summed E-state index contributed by atoms with van der Waals surface area (Å²) in [6.45, 7) is 3.27. The number of rotatable bonds is 5. The van der Waals surface area contributed by atoms with Gasteiger partial charge in [0.05, 0.1) is 11.2 Å². The maximum absolute atomic E-state index is 4.31. The van der Waals surface area contributed by atoms with Crippen LogP contribution in [0.4, 0.5) is 0 Å². The van der Waals surface area contributed by atoms with E-state index in [1.54, 1.807) is 16.9 Å². The van der Waals surface area contributed by atoms with Crippen molar-refractivity contribution >= 4 is 11.3 Å². The van der Waals surface area contributed by atoms with Gasteiger partial charge in [-0.3, -0.25) is 0 Å². The van der Waals surface area contributed by atoms with Gasteiger partial charge in [-0.25, -0.2) is 4.98 Å². The van der Waals surface area contributed by atoms with E-state index in [9.17, 15) is 0 Å². The molecular weight excluding hydrogens is 252 g/mol. The highest BCUT2D eigenvalue weighted by Gasteiger charge is 2.30. The molecule has 100 valence electrons. The van der Waals surface area contributed by atoms with E-state index in [1.807, 2.05) is 5.51 Å². The minimum absolute atomic E-state index is 0.697. The van der Waals surface area contributed by atoms with E-state index in [4.69, 9.17) is 0 Å². The normalized spacial score (nSPS) is 22.2. The van der Waals surface area contributed by atoms with Crippen molar-refractivity contribution in [1.82, 2.24) is 10.3 Å². The van der Waals surface area contributed by atoms with E-state index in [0.29, 0.717) is 6.04 Å². The van der Waals surface area contributed by atoms with Crippen LogP contribution in [-0.2, 0) is 6.42 Å². The lowest BCUT2D eigenvalue weighted by molar-refractivity contribution is 0.292. The fourth-order valence-electron chi connectivity index (χ4n) is 2.85. The van der Waals surface area contributed by atoms with Gasteiger partial charge in [0, 0.05) is 24.4 Å². The van der Waals surface area contributed by atoms with Gasteiger partial charge in [0.1, 0.15) is 0 Å². The van der Waals surface area contributed by atoms with Gasteiger partial charge in [-0.05, 0) is 36.8 Å². The summed E-state index contributed by atoms with van der Waals surface area (Å²) in [5, 5.41) is 5.78. The van der Waals surface area contributed by atoms with E-state index >= 15 is 0 Å². The van der Waals surface area contributed by atoms with E-state index in [2.05, 4.69) is 46.9 Å². The van der Waals surface area contributed by atoms with Gasteiger partial charge >= 0.3 is 0 Å². The molecule has 2 nitrogen and oxygen atoms in total. The third-order valence-electron chi connectivity index (χ3n) is 4.06. The van der Waals surface area contributed by atoms with Gasteiger partial charge < -0.3 is 5.32 Å². The molecule has 1 saturated carbocycles. The van der Waals surface area contributed by atoms with Gasteiger partial charge in [-0.2, -0.15) is 0 Å². The zero-order chi connectivity index (χ0) is 13.1. The average Bonchev–Trinajstić information content (AvgIpc) is 2.87. The van der Waals surface area contributed by atoms with Crippen LogP contribution in [0.2, 0.25) is 0 Å². The third kappa shape index (κ3) is 3.04. The number of hydrogen-bond acceptors (Lipinski definition) is 3. The van der Waals surface area contributed by atoms with E-state index in [-0.39, 0.29) is 0 Å². The first-order chi connectivity index (χ1) is 9.33. The van der Waals surface area contributed by atoms with Crippen LogP contribution in [0, 0.1) is 6.92 Å². The van der Waals surface area contributed by atoms with Crippen molar-refractivity contribution in [2.24, 2.45) is 0 Å². The van der Waals surface area contributed by atoms with Gasteiger partial charge in [0.2, 0.25) is 0 Å². The highest BCUT2D eigenvalue weighted by molar-refractivity contribution is 7.07. The Labute approximate surface area is 118 Å². The van der Waals surface area contributed by atoms with Gasteiger partial charge in [0.15, 0.2) is 0 Å². The number of aromatic nitrogens is 1. The number of thiazole rings is 1. The zero-order valence-corrected chi connectivity index (χ0v) is 12.1. The van der Waals surface area contributed by atoms with Crippen molar-refractivity contribution < 1.29 is 0 Å². The first-order valence-corrected chi connectivity index (χ1v) is 7.93. The SMILES string of the molecule is Cc1ccccc1C1CC(NCCc2cscn2)C1. The number of aryl methyl sites for hydroxylation is 1. The second kappa shape index (κ2) is 5.85. The third-order valence-corrected chi connectivity index (χ3v) is 4.70. The monoisotopic (exact) mass is 272 g/mol. The van der Waals surface area contributed by atoms with E-state index in [1.165, 1.54) is 24.1 Å². The molecule has 2 aromatic rings. The molecule has 0 spiro atoms. The largest absolute Gasteiger partial charge is 0.314 e. The van der Waals surface area contributed by atoms with E-state index in [0.717, 1.165) is 18.9 Å². The molecule has 1 aromatic heterocycles. The first kappa shape index (κ1) is 12.8. The molecule has 0 saturated heterocycles. The van der Waals surface area contributed by atoms with Crippen molar-refractivity contribution in [1.29, 1.82) is 0 Å². The van der Waals surface area contributed by atoms with Crippen LogP contribution < -0.4 is 5.32 Å². The Bertz CT molecular complexity index is 515. The summed E-state index contributed by atoms with van der Waals surface area (Å²) >= 11 is 1.68. The second-order valence-electron chi connectivity index (χ2n) is 5.41. The van der Waals surface area contributed by atoms with E-state index < -0.39 is 0 Å². The molecular formula is C16H20N2S. The van der Waals surface area contributed by atoms with Gasteiger partial charge in [0.25, 0.3) is 0 Å². The highest BCUT2D eigenvalue weighted by atomic mass is 32.1. The number of nitrogens with one attached hydrogen (secondary N) is 1. The Hall–Kier alpha value is -1.19. The fourth-order valence-corrected chi connectivity index (χ4v) is 3.44. The van der Waals surface area contributed by atoms with Crippen molar-refractivity contribution in [3.63, 3.8) is 0 Å². The Kier molecular flexibility index (Phi) is 3.95. The minimum Gasteiger partial charge on any atom is -0.314 e. The quantitative estimate of drug-likeness (QED) is 0.900. The summed E-state index contributed by atoms with van der Waals surface area (Å²) in [6, 6.07) is 9.49. The first-order valence-electron chi connectivity index (χ1n) is 6.99. The molecule has 19 heavy (non-hydrogen) atoms. The maximum Gasteiger partial charge on any atom is 0.0794 e. The Morgan fingerprint density at radius 2 is 2.16 bits per heavy atom. The van der Waals surface area contributed by atoms with Crippen LogP contribution in [0.3, 0.4) is 0 Å². The molecule has 1 aromatic carbocycles. The highest BCUT2D eigenvalue weighted by Crippen LogP contribution is 2.38. The Balaban J connectivity index is 1.42. The Morgan fingerprint density at radius 3 is 2.89 bits per heavy atom. The summed E-state index contributed by atoms with van der Waals surface area (Å²) in [5.74, 6) is 0.762.